The van der Waals surface area contributed by atoms with E-state index in [4.69, 9.17) is 4.74 Å². The molecule has 1 N–H and O–H groups in total. The summed E-state index contributed by atoms with van der Waals surface area (Å²) in [6.07, 6.45) is 3.55. The van der Waals surface area contributed by atoms with Crippen molar-refractivity contribution in [3.63, 3.8) is 0 Å². The van der Waals surface area contributed by atoms with Crippen molar-refractivity contribution in [1.29, 1.82) is 0 Å². The predicted octanol–water partition coefficient (Wildman–Crippen LogP) is 6.68. The molecule has 2 aromatic rings. The Balaban J connectivity index is 1.14. The van der Waals surface area contributed by atoms with Crippen molar-refractivity contribution in [2.75, 3.05) is 43.0 Å². The number of carbonyl (C=O) groups is 1. The number of anilines is 2. The van der Waals surface area contributed by atoms with Gasteiger partial charge in [-0.3, -0.25) is 4.79 Å². The molecule has 1 saturated heterocycles. The number of rotatable bonds is 7. The number of hydrogen-bond acceptors (Lipinski definition) is 5. The van der Waals surface area contributed by atoms with Gasteiger partial charge in [-0.15, -0.1) is 0 Å². The van der Waals surface area contributed by atoms with Crippen LogP contribution in [0.25, 0.3) is 0 Å². The first kappa shape index (κ1) is 28.6. The molecule has 0 spiro atoms. The number of alkyl halides is 3. The molecule has 1 heterocycles. The van der Waals surface area contributed by atoms with E-state index in [-0.39, 0.29) is 46.7 Å². The average molecular weight is 550 g/mol. The molecule has 1 aliphatic carbocycles. The summed E-state index contributed by atoms with van der Waals surface area (Å²) >= 11 is -0.104. The quantitative estimate of drug-likeness (QED) is 0.390. The molecule has 2 aromatic carbocycles. The van der Waals surface area contributed by atoms with Crippen LogP contribution in [0, 0.1) is 0 Å². The molecule has 0 atom stereocenters. The minimum absolute atomic E-state index is 0.0461. The Morgan fingerprint density at radius 2 is 1.53 bits per heavy atom. The van der Waals surface area contributed by atoms with Crippen molar-refractivity contribution >= 4 is 29.0 Å². The van der Waals surface area contributed by atoms with Crippen molar-refractivity contribution in [2.24, 2.45) is 0 Å². The summed E-state index contributed by atoms with van der Waals surface area (Å²) in [6.45, 7) is 9.76. The zero-order valence-corrected chi connectivity index (χ0v) is 23.2. The Bertz CT molecular complexity index is 1040. The number of carbonyl (C=O) groups excluding carboxylic acids is 1. The van der Waals surface area contributed by atoms with E-state index in [1.807, 2.05) is 4.90 Å². The summed E-state index contributed by atoms with van der Waals surface area (Å²) in [6, 6.07) is 15.3. The van der Waals surface area contributed by atoms with Crippen LogP contribution in [-0.4, -0.2) is 61.2 Å². The highest BCUT2D eigenvalue weighted by molar-refractivity contribution is 8.00. The molecule has 5 nitrogen and oxygen atoms in total. The maximum Gasteiger partial charge on any atom is 0.446 e. The second-order valence-electron chi connectivity index (χ2n) is 11.2. The lowest BCUT2D eigenvalue weighted by Gasteiger charge is -2.37. The van der Waals surface area contributed by atoms with Gasteiger partial charge in [-0.25, -0.2) is 0 Å². The van der Waals surface area contributed by atoms with E-state index < -0.39 is 5.51 Å². The van der Waals surface area contributed by atoms with Gasteiger partial charge in [0.05, 0.1) is 6.10 Å². The zero-order chi connectivity index (χ0) is 27.3. The summed E-state index contributed by atoms with van der Waals surface area (Å²) in [5.74, 6) is 0.0461. The first-order valence-electron chi connectivity index (χ1n) is 13.3. The van der Waals surface area contributed by atoms with Gasteiger partial charge in [0.2, 0.25) is 5.91 Å². The molecule has 1 amide bonds. The predicted molar refractivity (Wildman–Crippen MR) is 148 cm³/mol. The van der Waals surface area contributed by atoms with Crippen LogP contribution >= 0.6 is 11.8 Å². The van der Waals surface area contributed by atoms with Crippen molar-refractivity contribution in [3.8, 4) is 0 Å². The smallest absolute Gasteiger partial charge is 0.382 e. The van der Waals surface area contributed by atoms with Crippen molar-refractivity contribution in [2.45, 2.75) is 74.4 Å². The average Bonchev–Trinajstić information content (AvgIpc) is 2.88. The molecule has 0 unspecified atom stereocenters. The highest BCUT2D eigenvalue weighted by atomic mass is 32.2. The molecule has 2 aliphatic rings. The largest absolute Gasteiger partial charge is 0.446 e. The number of halogens is 3. The van der Waals surface area contributed by atoms with E-state index in [2.05, 4.69) is 55.3 Å². The van der Waals surface area contributed by atoms with E-state index in [1.54, 1.807) is 12.1 Å². The summed E-state index contributed by atoms with van der Waals surface area (Å²) in [5, 5.41) is 3.41. The Morgan fingerprint density at radius 3 is 2.08 bits per heavy atom. The Hall–Kier alpha value is -2.39. The van der Waals surface area contributed by atoms with Crippen LogP contribution in [0.1, 0.15) is 52.0 Å². The summed E-state index contributed by atoms with van der Waals surface area (Å²) in [5.41, 5.74) is -0.812. The Kier molecular flexibility index (Phi) is 9.19. The van der Waals surface area contributed by atoms with Gasteiger partial charge in [-0.05, 0) is 84.8 Å². The highest BCUT2D eigenvalue weighted by Crippen LogP contribution is 2.37. The third kappa shape index (κ3) is 8.30. The molecule has 0 radical (unpaired) electrons. The van der Waals surface area contributed by atoms with Crippen molar-refractivity contribution < 1.29 is 22.7 Å². The fourth-order valence-electron chi connectivity index (χ4n) is 5.03. The monoisotopic (exact) mass is 549 g/mol. The van der Waals surface area contributed by atoms with Gasteiger partial charge in [0, 0.05) is 48.5 Å². The van der Waals surface area contributed by atoms with Gasteiger partial charge in [0.1, 0.15) is 6.61 Å². The van der Waals surface area contributed by atoms with E-state index in [1.165, 1.54) is 23.4 Å². The fraction of sp³-hybridized carbons (Fsp3) is 0.552. The lowest BCUT2D eigenvalue weighted by atomic mass is 9.87. The number of benzene rings is 2. The Labute approximate surface area is 228 Å². The molecule has 0 bridgehead atoms. The van der Waals surface area contributed by atoms with E-state index >= 15 is 0 Å². The van der Waals surface area contributed by atoms with Crippen LogP contribution in [0.15, 0.2) is 53.4 Å². The molecule has 1 aliphatic heterocycles. The molecule has 0 aromatic heterocycles. The second-order valence-corrected chi connectivity index (χ2v) is 12.3. The van der Waals surface area contributed by atoms with Crippen molar-refractivity contribution in [3.05, 3.63) is 54.1 Å². The first-order chi connectivity index (χ1) is 18.0. The molecule has 4 rings (SSSR count). The molecule has 208 valence electrons. The van der Waals surface area contributed by atoms with Crippen LogP contribution in [0.3, 0.4) is 0 Å². The van der Waals surface area contributed by atoms with Gasteiger partial charge in [0.15, 0.2) is 0 Å². The normalized spacial score (nSPS) is 20.9. The summed E-state index contributed by atoms with van der Waals surface area (Å²) < 4.78 is 43.5. The van der Waals surface area contributed by atoms with Gasteiger partial charge < -0.3 is 19.9 Å². The SMILES string of the molecule is CC(C)(C)c1ccc(N2CCN(C(=O)CO[C@H]3CC[C@H](Nc4ccc(SC(F)(F)F)cc4)CC3)CC2)cc1. The van der Waals surface area contributed by atoms with Gasteiger partial charge >= 0.3 is 5.51 Å². The van der Waals surface area contributed by atoms with Gasteiger partial charge in [-0.2, -0.15) is 13.2 Å². The summed E-state index contributed by atoms with van der Waals surface area (Å²) in [4.78, 5) is 17.2. The summed E-state index contributed by atoms with van der Waals surface area (Å²) in [7, 11) is 0. The van der Waals surface area contributed by atoms with Crippen LogP contribution in [0.5, 0.6) is 0 Å². The number of amides is 1. The standard InChI is InChI=1S/C29H38F3N3O2S/c1-28(2,3)21-4-10-24(11-5-21)34-16-18-35(19-17-34)27(36)20-37-25-12-6-22(7-13-25)33-23-8-14-26(15-9-23)38-29(30,31)32/h4-5,8-11,14-15,22,25,33H,6-7,12-13,16-20H2,1-3H3/t22-,25-. The van der Waals surface area contributed by atoms with Crippen LogP contribution in [0.4, 0.5) is 24.5 Å². The van der Waals surface area contributed by atoms with E-state index in [9.17, 15) is 18.0 Å². The van der Waals surface area contributed by atoms with E-state index in [0.29, 0.717) is 13.1 Å². The molecule has 2 fully saturated rings. The minimum atomic E-state index is -4.28. The van der Waals surface area contributed by atoms with E-state index in [0.717, 1.165) is 44.5 Å². The lowest BCUT2D eigenvalue weighted by Crippen LogP contribution is -2.50. The second kappa shape index (κ2) is 12.2. The number of ether oxygens (including phenoxy) is 1. The van der Waals surface area contributed by atoms with Crippen LogP contribution in [-0.2, 0) is 14.9 Å². The number of nitrogens with one attached hydrogen (secondary N) is 1. The van der Waals surface area contributed by atoms with Gasteiger partial charge in [0.25, 0.3) is 0 Å². The molecule has 1 saturated carbocycles. The number of nitrogens with zero attached hydrogens (tertiary/aromatic N) is 2. The highest BCUT2D eigenvalue weighted by Gasteiger charge is 2.29. The number of piperazine rings is 1. The lowest BCUT2D eigenvalue weighted by molar-refractivity contribution is -0.139. The molecular formula is C29H38F3N3O2S. The van der Waals surface area contributed by atoms with Gasteiger partial charge in [-0.1, -0.05) is 32.9 Å². The maximum atomic E-state index is 12.8. The van der Waals surface area contributed by atoms with Crippen LogP contribution < -0.4 is 10.2 Å². The zero-order valence-electron chi connectivity index (χ0n) is 22.4. The molecular weight excluding hydrogens is 511 g/mol. The third-order valence-corrected chi connectivity index (χ3v) is 8.05. The first-order valence-corrected chi connectivity index (χ1v) is 14.2. The van der Waals surface area contributed by atoms with Crippen LogP contribution in [0.2, 0.25) is 0 Å². The molecule has 9 heteroatoms. The molecule has 38 heavy (non-hydrogen) atoms. The van der Waals surface area contributed by atoms with Crippen molar-refractivity contribution in [1.82, 2.24) is 4.90 Å². The maximum absolute atomic E-state index is 12.8. The number of thioether (sulfide) groups is 1. The topological polar surface area (TPSA) is 44.8 Å². The minimum Gasteiger partial charge on any atom is -0.382 e. The third-order valence-electron chi connectivity index (χ3n) is 7.31. The Morgan fingerprint density at radius 1 is 0.921 bits per heavy atom. The fourth-order valence-corrected chi connectivity index (χ4v) is 5.57. The number of hydrogen-bond donors (Lipinski definition) is 1.